The summed E-state index contributed by atoms with van der Waals surface area (Å²) in [4.78, 5) is 27.3. The van der Waals surface area contributed by atoms with E-state index in [1.807, 2.05) is 13.8 Å². The number of benzene rings is 2. The summed E-state index contributed by atoms with van der Waals surface area (Å²) in [5, 5.41) is 11.4. The molecular weight excluding hydrogens is 475 g/mol. The number of furan rings is 1. The van der Waals surface area contributed by atoms with Gasteiger partial charge in [-0.3, -0.25) is 14.5 Å². The first-order valence-corrected chi connectivity index (χ1v) is 11.2. The van der Waals surface area contributed by atoms with Crippen LogP contribution in [0, 0.1) is 6.92 Å². The van der Waals surface area contributed by atoms with E-state index in [0.29, 0.717) is 16.9 Å². The number of ether oxygens (including phenoxy) is 1. The molecule has 2 heterocycles. The number of amides is 1. The van der Waals surface area contributed by atoms with Gasteiger partial charge < -0.3 is 14.3 Å². The lowest BCUT2D eigenvalue weighted by molar-refractivity contribution is -0.137. The van der Waals surface area contributed by atoms with Crippen molar-refractivity contribution in [1.82, 2.24) is 0 Å². The van der Waals surface area contributed by atoms with Gasteiger partial charge in [-0.2, -0.15) is 13.2 Å². The van der Waals surface area contributed by atoms with E-state index in [-0.39, 0.29) is 22.9 Å². The van der Waals surface area contributed by atoms with Crippen LogP contribution >= 0.6 is 0 Å². The largest absolute Gasteiger partial charge is 0.507 e. The van der Waals surface area contributed by atoms with Crippen LogP contribution in [0.15, 0.2) is 64.8 Å². The van der Waals surface area contributed by atoms with Crippen molar-refractivity contribution < 1.29 is 37.0 Å². The second-order valence-electron chi connectivity index (χ2n) is 8.80. The average Bonchev–Trinajstić information content (AvgIpc) is 3.44. The number of carbonyl (C=O) groups is 2. The van der Waals surface area contributed by atoms with E-state index in [2.05, 4.69) is 0 Å². The second-order valence-corrected chi connectivity index (χ2v) is 8.80. The molecule has 9 heteroatoms. The topological polar surface area (TPSA) is 80.0 Å². The van der Waals surface area contributed by atoms with Gasteiger partial charge in [0.1, 0.15) is 23.3 Å². The SMILES string of the molecule is COc1cc(C)c(/C(O)=C2\C(=O)C(=O)N(c3cccc(C(F)(F)F)c3)C2c2ccco2)cc1C(C)C. The number of aliphatic hydroxyl groups is 1. The Kier molecular flexibility index (Phi) is 6.43. The Morgan fingerprint density at radius 3 is 2.42 bits per heavy atom. The van der Waals surface area contributed by atoms with Crippen molar-refractivity contribution in [2.45, 2.75) is 38.9 Å². The van der Waals surface area contributed by atoms with Crippen molar-refractivity contribution in [3.63, 3.8) is 0 Å². The maximum atomic E-state index is 13.4. The zero-order chi connectivity index (χ0) is 26.4. The molecule has 0 saturated carbocycles. The predicted molar refractivity (Wildman–Crippen MR) is 127 cm³/mol. The summed E-state index contributed by atoms with van der Waals surface area (Å²) in [7, 11) is 1.53. The van der Waals surface area contributed by atoms with E-state index in [0.717, 1.165) is 28.7 Å². The fourth-order valence-corrected chi connectivity index (χ4v) is 4.37. The van der Waals surface area contributed by atoms with Gasteiger partial charge in [-0.05, 0) is 66.4 Å². The zero-order valence-corrected chi connectivity index (χ0v) is 20.0. The Labute approximate surface area is 205 Å². The van der Waals surface area contributed by atoms with Gasteiger partial charge in [0, 0.05) is 11.3 Å². The molecule has 1 unspecified atom stereocenters. The molecule has 3 aromatic rings. The van der Waals surface area contributed by atoms with Crippen molar-refractivity contribution in [2.24, 2.45) is 0 Å². The third-order valence-corrected chi connectivity index (χ3v) is 6.16. The lowest BCUT2D eigenvalue weighted by atomic mass is 9.92. The molecule has 0 aliphatic carbocycles. The van der Waals surface area contributed by atoms with E-state index in [1.165, 1.54) is 31.6 Å². The zero-order valence-electron chi connectivity index (χ0n) is 20.0. The minimum absolute atomic E-state index is 0.0143. The number of halogens is 3. The molecule has 1 atom stereocenters. The monoisotopic (exact) mass is 499 g/mol. The lowest BCUT2D eigenvalue weighted by Gasteiger charge is -2.24. The molecule has 1 aliphatic heterocycles. The van der Waals surface area contributed by atoms with Crippen molar-refractivity contribution in [3.05, 3.63) is 88.4 Å². The van der Waals surface area contributed by atoms with Crippen LogP contribution in [0.2, 0.25) is 0 Å². The van der Waals surface area contributed by atoms with Gasteiger partial charge in [0.2, 0.25) is 0 Å². The number of rotatable bonds is 5. The number of anilines is 1. The maximum Gasteiger partial charge on any atom is 0.416 e. The Morgan fingerprint density at radius 1 is 1.11 bits per heavy atom. The molecule has 0 spiro atoms. The normalized spacial score (nSPS) is 17.8. The fraction of sp³-hybridized carbons (Fsp3) is 0.259. The smallest absolute Gasteiger partial charge is 0.416 e. The van der Waals surface area contributed by atoms with Crippen molar-refractivity contribution in [2.75, 3.05) is 12.0 Å². The van der Waals surface area contributed by atoms with E-state index >= 15 is 0 Å². The van der Waals surface area contributed by atoms with Gasteiger partial charge >= 0.3 is 6.18 Å². The van der Waals surface area contributed by atoms with Crippen LogP contribution in [0.3, 0.4) is 0 Å². The number of carbonyl (C=O) groups excluding carboxylic acids is 2. The number of hydrogen-bond donors (Lipinski definition) is 1. The average molecular weight is 499 g/mol. The molecule has 1 amide bonds. The highest BCUT2D eigenvalue weighted by Crippen LogP contribution is 2.44. The molecule has 1 fully saturated rings. The lowest BCUT2D eigenvalue weighted by Crippen LogP contribution is -2.29. The number of ketones is 1. The summed E-state index contributed by atoms with van der Waals surface area (Å²) in [6.07, 6.45) is -3.34. The molecule has 188 valence electrons. The molecule has 4 rings (SSSR count). The minimum Gasteiger partial charge on any atom is -0.507 e. The number of Topliss-reactive ketones (excluding diaryl/α,β-unsaturated/α-hetero) is 1. The van der Waals surface area contributed by atoms with Gasteiger partial charge in [-0.25, -0.2) is 0 Å². The van der Waals surface area contributed by atoms with E-state index in [1.54, 1.807) is 19.1 Å². The molecule has 36 heavy (non-hydrogen) atoms. The number of methoxy groups -OCH3 is 1. The van der Waals surface area contributed by atoms with Gasteiger partial charge in [0.25, 0.3) is 11.7 Å². The van der Waals surface area contributed by atoms with Crippen LogP contribution in [0.5, 0.6) is 5.75 Å². The first-order chi connectivity index (χ1) is 17.0. The minimum atomic E-state index is -4.66. The molecule has 1 N–H and O–H groups in total. The quantitative estimate of drug-likeness (QED) is 0.251. The predicted octanol–water partition coefficient (Wildman–Crippen LogP) is 6.37. The Bertz CT molecular complexity index is 1360. The molecule has 0 radical (unpaired) electrons. The highest BCUT2D eigenvalue weighted by molar-refractivity contribution is 6.51. The van der Waals surface area contributed by atoms with E-state index < -0.39 is 35.2 Å². The highest BCUT2D eigenvalue weighted by Gasteiger charge is 2.49. The van der Waals surface area contributed by atoms with Crippen LogP contribution < -0.4 is 9.64 Å². The van der Waals surface area contributed by atoms with Crippen LogP contribution in [0.1, 0.15) is 53.8 Å². The summed E-state index contributed by atoms with van der Waals surface area (Å²) in [6.45, 7) is 5.59. The Balaban J connectivity index is 1.95. The molecule has 6 nitrogen and oxygen atoms in total. The summed E-state index contributed by atoms with van der Waals surface area (Å²) >= 11 is 0. The summed E-state index contributed by atoms with van der Waals surface area (Å²) in [5.41, 5.74) is 0.242. The molecule has 1 aliphatic rings. The third kappa shape index (κ3) is 4.25. The first kappa shape index (κ1) is 25.1. The molecule has 1 saturated heterocycles. The number of alkyl halides is 3. The van der Waals surface area contributed by atoms with Gasteiger partial charge in [-0.15, -0.1) is 0 Å². The van der Waals surface area contributed by atoms with Gasteiger partial charge in [0.15, 0.2) is 0 Å². The summed E-state index contributed by atoms with van der Waals surface area (Å²) < 4.78 is 51.1. The van der Waals surface area contributed by atoms with Crippen LogP contribution in [0.25, 0.3) is 5.76 Å². The van der Waals surface area contributed by atoms with Crippen LogP contribution in [-0.2, 0) is 15.8 Å². The van der Waals surface area contributed by atoms with Gasteiger partial charge in [0.05, 0.1) is 24.5 Å². The Morgan fingerprint density at radius 2 is 1.83 bits per heavy atom. The summed E-state index contributed by atoms with van der Waals surface area (Å²) in [6, 6.07) is 9.26. The molecular formula is C27H24F3NO5. The number of hydrogen-bond acceptors (Lipinski definition) is 5. The number of nitrogens with zero attached hydrogens (tertiary/aromatic N) is 1. The van der Waals surface area contributed by atoms with Gasteiger partial charge in [-0.1, -0.05) is 19.9 Å². The maximum absolute atomic E-state index is 13.4. The van der Waals surface area contributed by atoms with Crippen molar-refractivity contribution in [1.29, 1.82) is 0 Å². The van der Waals surface area contributed by atoms with Crippen molar-refractivity contribution >= 4 is 23.1 Å². The fourth-order valence-electron chi connectivity index (χ4n) is 4.37. The second kappa shape index (κ2) is 9.22. The number of aliphatic hydroxyl groups excluding tert-OH is 1. The molecule has 0 bridgehead atoms. The van der Waals surface area contributed by atoms with Crippen LogP contribution in [0.4, 0.5) is 18.9 Å². The highest BCUT2D eigenvalue weighted by atomic mass is 19.4. The molecule has 2 aromatic carbocycles. The van der Waals surface area contributed by atoms with Crippen molar-refractivity contribution in [3.8, 4) is 5.75 Å². The third-order valence-electron chi connectivity index (χ3n) is 6.16. The van der Waals surface area contributed by atoms with Crippen LogP contribution in [-0.4, -0.2) is 23.9 Å². The molecule has 1 aromatic heterocycles. The van der Waals surface area contributed by atoms with E-state index in [4.69, 9.17) is 9.15 Å². The first-order valence-electron chi connectivity index (χ1n) is 11.2. The standard InChI is InChI=1S/C27H24F3NO5/c1-14(2)18-13-19(15(3)11-21(18)35-4)24(32)22-23(20-9-6-10-36-20)31(26(34)25(22)33)17-8-5-7-16(12-17)27(28,29)30/h5-14,23,32H,1-4H3/b24-22+. The summed E-state index contributed by atoms with van der Waals surface area (Å²) in [5.74, 6) is -1.83. The Hall–Kier alpha value is -4.01. The number of aryl methyl sites for hydroxylation is 1. The van der Waals surface area contributed by atoms with E-state index in [9.17, 15) is 27.9 Å².